The molecule has 0 amide bonds. The number of benzene rings is 1. The highest BCUT2D eigenvalue weighted by Gasteiger charge is 2.23. The maximum absolute atomic E-state index is 10.9. The summed E-state index contributed by atoms with van der Waals surface area (Å²) >= 11 is 0. The van der Waals surface area contributed by atoms with Crippen LogP contribution < -0.4 is 0 Å². The molecule has 2 nitrogen and oxygen atoms in total. The van der Waals surface area contributed by atoms with Gasteiger partial charge in [0.1, 0.15) is 0 Å². The van der Waals surface area contributed by atoms with Gasteiger partial charge in [-0.15, -0.1) is 0 Å². The van der Waals surface area contributed by atoms with Crippen molar-refractivity contribution in [1.82, 2.24) is 0 Å². The molecule has 0 aliphatic rings. The van der Waals surface area contributed by atoms with Crippen molar-refractivity contribution < 1.29 is 9.90 Å². The summed E-state index contributed by atoms with van der Waals surface area (Å²) in [7, 11) is 0. The van der Waals surface area contributed by atoms with Crippen LogP contribution in [-0.2, 0) is 11.2 Å². The molecule has 0 atom stereocenters. The van der Waals surface area contributed by atoms with Crippen LogP contribution in [0.1, 0.15) is 56.7 Å². The SMILES string of the molecule is Cc1ccc(C(C)C)cc1CC(C)(C)CC(=O)O. The molecular formula is C16H24O2. The van der Waals surface area contributed by atoms with Crippen LogP contribution in [0.25, 0.3) is 0 Å². The Morgan fingerprint density at radius 2 is 1.94 bits per heavy atom. The molecule has 0 saturated carbocycles. The third kappa shape index (κ3) is 4.17. The van der Waals surface area contributed by atoms with Gasteiger partial charge >= 0.3 is 5.97 Å². The van der Waals surface area contributed by atoms with E-state index < -0.39 is 5.97 Å². The van der Waals surface area contributed by atoms with Gasteiger partial charge < -0.3 is 5.11 Å². The minimum Gasteiger partial charge on any atom is -0.481 e. The Labute approximate surface area is 110 Å². The van der Waals surface area contributed by atoms with Crippen LogP contribution in [0, 0.1) is 12.3 Å². The third-order valence-electron chi connectivity index (χ3n) is 3.34. The lowest BCUT2D eigenvalue weighted by atomic mass is 9.81. The van der Waals surface area contributed by atoms with E-state index in [4.69, 9.17) is 5.11 Å². The molecule has 0 bridgehead atoms. The molecule has 0 heterocycles. The largest absolute Gasteiger partial charge is 0.481 e. The van der Waals surface area contributed by atoms with Gasteiger partial charge in [0, 0.05) is 0 Å². The number of aliphatic carboxylic acids is 1. The van der Waals surface area contributed by atoms with Gasteiger partial charge in [-0.25, -0.2) is 0 Å². The molecule has 2 heteroatoms. The van der Waals surface area contributed by atoms with Crippen molar-refractivity contribution in [1.29, 1.82) is 0 Å². The maximum Gasteiger partial charge on any atom is 0.303 e. The van der Waals surface area contributed by atoms with E-state index in [1.54, 1.807) is 0 Å². The van der Waals surface area contributed by atoms with Gasteiger partial charge in [0.05, 0.1) is 6.42 Å². The number of hydrogen-bond acceptors (Lipinski definition) is 1. The Balaban J connectivity index is 2.95. The molecule has 0 aliphatic heterocycles. The fourth-order valence-electron chi connectivity index (χ4n) is 2.23. The molecule has 0 fully saturated rings. The predicted octanol–water partition coefficient (Wildman–Crippen LogP) is 4.16. The van der Waals surface area contributed by atoms with Crippen molar-refractivity contribution in [3.8, 4) is 0 Å². The van der Waals surface area contributed by atoms with Crippen LogP contribution in [0.3, 0.4) is 0 Å². The number of aryl methyl sites for hydroxylation is 1. The highest BCUT2D eigenvalue weighted by Crippen LogP contribution is 2.29. The van der Waals surface area contributed by atoms with E-state index in [1.165, 1.54) is 16.7 Å². The van der Waals surface area contributed by atoms with Crippen molar-refractivity contribution >= 4 is 5.97 Å². The first kappa shape index (κ1) is 14.7. The minimum atomic E-state index is -0.724. The molecule has 1 aromatic carbocycles. The van der Waals surface area contributed by atoms with Crippen LogP contribution >= 0.6 is 0 Å². The lowest BCUT2D eigenvalue weighted by Crippen LogP contribution is -2.20. The number of rotatable bonds is 5. The summed E-state index contributed by atoms with van der Waals surface area (Å²) < 4.78 is 0. The van der Waals surface area contributed by atoms with Crippen LogP contribution in [0.4, 0.5) is 0 Å². The molecular weight excluding hydrogens is 224 g/mol. The topological polar surface area (TPSA) is 37.3 Å². The first-order chi connectivity index (χ1) is 8.21. The van der Waals surface area contributed by atoms with Crippen molar-refractivity contribution in [3.05, 3.63) is 34.9 Å². The quantitative estimate of drug-likeness (QED) is 0.849. The van der Waals surface area contributed by atoms with Crippen LogP contribution in [-0.4, -0.2) is 11.1 Å². The van der Waals surface area contributed by atoms with Gasteiger partial charge in [-0.3, -0.25) is 4.79 Å². The summed E-state index contributed by atoms with van der Waals surface area (Å²) in [5, 5.41) is 8.94. The van der Waals surface area contributed by atoms with Gasteiger partial charge in [0.2, 0.25) is 0 Å². The molecule has 1 rings (SSSR count). The summed E-state index contributed by atoms with van der Waals surface area (Å²) in [6.07, 6.45) is 1.02. The number of carbonyl (C=O) groups is 1. The fraction of sp³-hybridized carbons (Fsp3) is 0.562. The standard InChI is InChI=1S/C16H24O2/c1-11(2)13-7-6-12(3)14(8-13)9-16(4,5)10-15(17)18/h6-8,11H,9-10H2,1-5H3,(H,17,18). The van der Waals surface area contributed by atoms with Gasteiger partial charge in [-0.05, 0) is 41.4 Å². The Kier molecular flexibility index (Phi) is 4.55. The van der Waals surface area contributed by atoms with Crippen LogP contribution in [0.15, 0.2) is 18.2 Å². The average Bonchev–Trinajstić information content (AvgIpc) is 2.18. The minimum absolute atomic E-state index is 0.202. The van der Waals surface area contributed by atoms with Crippen molar-refractivity contribution in [2.45, 2.75) is 53.4 Å². The summed E-state index contributed by atoms with van der Waals surface area (Å²) in [5.74, 6) is -0.218. The molecule has 100 valence electrons. The van der Waals surface area contributed by atoms with Crippen LogP contribution in [0.2, 0.25) is 0 Å². The van der Waals surface area contributed by atoms with Crippen LogP contribution in [0.5, 0.6) is 0 Å². The zero-order chi connectivity index (χ0) is 13.9. The number of hydrogen-bond donors (Lipinski definition) is 1. The summed E-state index contributed by atoms with van der Waals surface area (Å²) in [6.45, 7) is 10.5. The Morgan fingerprint density at radius 3 is 2.44 bits per heavy atom. The van der Waals surface area contributed by atoms with Crippen molar-refractivity contribution in [2.24, 2.45) is 5.41 Å². The second kappa shape index (κ2) is 5.55. The van der Waals surface area contributed by atoms with Gasteiger partial charge in [-0.2, -0.15) is 0 Å². The maximum atomic E-state index is 10.9. The van der Waals surface area contributed by atoms with Crippen molar-refractivity contribution in [2.75, 3.05) is 0 Å². The average molecular weight is 248 g/mol. The normalized spacial score (nSPS) is 11.9. The van der Waals surface area contributed by atoms with Gasteiger partial charge in [0.25, 0.3) is 0 Å². The molecule has 0 unspecified atom stereocenters. The van der Waals surface area contributed by atoms with E-state index >= 15 is 0 Å². The van der Waals surface area contributed by atoms with Gasteiger partial charge in [0.15, 0.2) is 0 Å². The number of carboxylic acids is 1. The zero-order valence-corrected chi connectivity index (χ0v) is 12.1. The molecule has 0 aliphatic carbocycles. The molecule has 1 aromatic rings. The summed E-state index contributed by atoms with van der Waals surface area (Å²) in [4.78, 5) is 10.9. The van der Waals surface area contributed by atoms with Gasteiger partial charge in [-0.1, -0.05) is 45.9 Å². The smallest absolute Gasteiger partial charge is 0.303 e. The van der Waals surface area contributed by atoms with E-state index in [-0.39, 0.29) is 11.8 Å². The third-order valence-corrected chi connectivity index (χ3v) is 3.34. The van der Waals surface area contributed by atoms with E-state index in [0.717, 1.165) is 6.42 Å². The fourth-order valence-corrected chi connectivity index (χ4v) is 2.23. The summed E-state index contributed by atoms with van der Waals surface area (Å²) in [6, 6.07) is 6.53. The number of carboxylic acid groups (broad SMARTS) is 1. The molecule has 0 spiro atoms. The van der Waals surface area contributed by atoms with E-state index in [0.29, 0.717) is 5.92 Å². The van der Waals surface area contributed by atoms with E-state index in [1.807, 2.05) is 13.8 Å². The lowest BCUT2D eigenvalue weighted by molar-refractivity contribution is -0.139. The molecule has 0 aromatic heterocycles. The van der Waals surface area contributed by atoms with Crippen molar-refractivity contribution in [3.63, 3.8) is 0 Å². The second-order valence-corrected chi connectivity index (χ2v) is 6.25. The Morgan fingerprint density at radius 1 is 1.33 bits per heavy atom. The molecule has 1 N–H and O–H groups in total. The lowest BCUT2D eigenvalue weighted by Gasteiger charge is -2.24. The second-order valence-electron chi connectivity index (χ2n) is 6.25. The predicted molar refractivity (Wildman–Crippen MR) is 75.0 cm³/mol. The van der Waals surface area contributed by atoms with E-state index in [9.17, 15) is 4.79 Å². The Hall–Kier alpha value is -1.31. The highest BCUT2D eigenvalue weighted by atomic mass is 16.4. The monoisotopic (exact) mass is 248 g/mol. The first-order valence-corrected chi connectivity index (χ1v) is 6.52. The highest BCUT2D eigenvalue weighted by molar-refractivity contribution is 5.67. The molecule has 0 radical (unpaired) electrons. The Bertz CT molecular complexity index is 431. The first-order valence-electron chi connectivity index (χ1n) is 6.52. The zero-order valence-electron chi connectivity index (χ0n) is 12.1. The summed E-state index contributed by atoms with van der Waals surface area (Å²) in [5.41, 5.74) is 3.64. The molecule has 18 heavy (non-hydrogen) atoms. The molecule has 0 saturated heterocycles. The van der Waals surface area contributed by atoms with E-state index in [2.05, 4.69) is 39.0 Å².